The Labute approximate surface area is 238 Å². The first kappa shape index (κ1) is 27.1. The van der Waals surface area contributed by atoms with E-state index >= 15 is 0 Å². The molecule has 1 amide bonds. The molecular formula is C31H31N5O3S. The predicted molar refractivity (Wildman–Crippen MR) is 159 cm³/mol. The zero-order valence-corrected chi connectivity index (χ0v) is 23.4. The Morgan fingerprint density at radius 2 is 1.77 bits per heavy atom. The molecule has 1 saturated heterocycles. The number of carbonyl (C=O) groups is 2. The average Bonchev–Trinajstić information content (AvgIpc) is 3.43. The van der Waals surface area contributed by atoms with Crippen LogP contribution in [0.5, 0.6) is 0 Å². The fraction of sp³-hybridized carbons (Fsp3) is 0.226. The minimum absolute atomic E-state index is 0.0966. The molecule has 0 spiro atoms. The number of aromatic carboxylic acids is 1. The van der Waals surface area contributed by atoms with Crippen molar-refractivity contribution in [2.75, 3.05) is 11.9 Å². The van der Waals surface area contributed by atoms with Crippen LogP contribution < -0.4 is 10.6 Å². The number of pyridine rings is 1. The van der Waals surface area contributed by atoms with Gasteiger partial charge < -0.3 is 25.2 Å². The highest BCUT2D eigenvalue weighted by Gasteiger charge is 2.41. The van der Waals surface area contributed by atoms with Crippen molar-refractivity contribution in [3.63, 3.8) is 0 Å². The third-order valence-corrected chi connectivity index (χ3v) is 7.67. The molecule has 0 saturated carbocycles. The lowest BCUT2D eigenvalue weighted by atomic mass is 9.96. The maximum Gasteiger partial charge on any atom is 0.335 e. The topological polar surface area (TPSA) is 99.5 Å². The Hall–Kier alpha value is -4.50. The number of rotatable bonds is 8. The van der Waals surface area contributed by atoms with Crippen molar-refractivity contribution < 1.29 is 14.7 Å². The number of para-hydroxylation sites is 1. The molecule has 1 aliphatic rings. The first-order valence-electron chi connectivity index (χ1n) is 13.1. The molecule has 3 heterocycles. The van der Waals surface area contributed by atoms with Crippen molar-refractivity contribution in [1.82, 2.24) is 19.8 Å². The highest BCUT2D eigenvalue weighted by atomic mass is 32.1. The third-order valence-electron chi connectivity index (χ3n) is 7.32. The minimum Gasteiger partial charge on any atom is -0.478 e. The summed E-state index contributed by atoms with van der Waals surface area (Å²) >= 11 is 5.80. The lowest BCUT2D eigenvalue weighted by Gasteiger charge is -2.28. The number of amides is 1. The number of carboxylic acids is 1. The molecule has 204 valence electrons. The van der Waals surface area contributed by atoms with E-state index in [2.05, 4.69) is 31.2 Å². The smallest absolute Gasteiger partial charge is 0.335 e. The van der Waals surface area contributed by atoms with Gasteiger partial charge in [-0.1, -0.05) is 30.3 Å². The van der Waals surface area contributed by atoms with Gasteiger partial charge in [0.25, 0.3) is 0 Å². The number of anilines is 1. The summed E-state index contributed by atoms with van der Waals surface area (Å²) in [5.41, 5.74) is 6.59. The fourth-order valence-electron chi connectivity index (χ4n) is 5.39. The van der Waals surface area contributed by atoms with E-state index in [4.69, 9.17) is 12.2 Å². The molecule has 9 heteroatoms. The average molecular weight is 554 g/mol. The molecule has 2 aromatic carbocycles. The van der Waals surface area contributed by atoms with E-state index in [9.17, 15) is 14.7 Å². The van der Waals surface area contributed by atoms with Crippen LogP contribution in [-0.4, -0.2) is 43.1 Å². The van der Waals surface area contributed by atoms with Gasteiger partial charge >= 0.3 is 5.97 Å². The maximum absolute atomic E-state index is 12.8. The van der Waals surface area contributed by atoms with Gasteiger partial charge in [-0.25, -0.2) is 4.79 Å². The number of benzene rings is 2. The third kappa shape index (κ3) is 5.33. The van der Waals surface area contributed by atoms with Crippen LogP contribution in [0, 0.1) is 20.8 Å². The highest BCUT2D eigenvalue weighted by Crippen LogP contribution is 2.41. The van der Waals surface area contributed by atoms with E-state index in [0.29, 0.717) is 11.7 Å². The number of hydrogen-bond donors (Lipinski definition) is 3. The SMILES string of the molecule is Cc1ccc(C(=O)O)cc1-n1c(C)cc([C@@H]2[C@@H](c3ccccn3)NC(=S)N2CCC(=O)Nc2ccccc2)c1C. The second kappa shape index (κ2) is 11.3. The van der Waals surface area contributed by atoms with Gasteiger partial charge in [0.2, 0.25) is 5.91 Å². The number of carbonyl (C=O) groups excluding carboxylic acids is 1. The number of thiocarbonyl (C=S) groups is 1. The van der Waals surface area contributed by atoms with Crippen LogP contribution in [0.3, 0.4) is 0 Å². The van der Waals surface area contributed by atoms with Crippen LogP contribution in [0.4, 0.5) is 5.69 Å². The Morgan fingerprint density at radius 3 is 2.48 bits per heavy atom. The van der Waals surface area contributed by atoms with E-state index in [1.54, 1.807) is 18.3 Å². The van der Waals surface area contributed by atoms with Crippen LogP contribution >= 0.6 is 12.2 Å². The predicted octanol–water partition coefficient (Wildman–Crippen LogP) is 5.50. The van der Waals surface area contributed by atoms with Crippen molar-refractivity contribution in [2.24, 2.45) is 0 Å². The number of hydrogen-bond acceptors (Lipinski definition) is 4. The second-order valence-electron chi connectivity index (χ2n) is 9.95. The normalized spacial score (nSPS) is 16.6. The molecule has 0 radical (unpaired) electrons. The van der Waals surface area contributed by atoms with Gasteiger partial charge in [-0.3, -0.25) is 9.78 Å². The van der Waals surface area contributed by atoms with E-state index < -0.39 is 5.97 Å². The molecule has 0 unspecified atom stereocenters. The molecule has 0 aliphatic carbocycles. The number of carboxylic acid groups (broad SMARTS) is 1. The number of nitrogens with zero attached hydrogens (tertiary/aromatic N) is 3. The lowest BCUT2D eigenvalue weighted by Crippen LogP contribution is -2.32. The first-order chi connectivity index (χ1) is 19.2. The van der Waals surface area contributed by atoms with Gasteiger partial charge in [-0.2, -0.15) is 0 Å². The zero-order chi connectivity index (χ0) is 28.4. The number of nitrogens with one attached hydrogen (secondary N) is 2. The zero-order valence-electron chi connectivity index (χ0n) is 22.6. The van der Waals surface area contributed by atoms with Gasteiger partial charge in [0.15, 0.2) is 5.11 Å². The molecule has 8 nitrogen and oxygen atoms in total. The first-order valence-corrected chi connectivity index (χ1v) is 13.5. The standard InChI is InChI=1S/C31H31N5O3S/c1-19-12-13-22(30(38)39)18-26(19)36-20(2)17-24(21(36)3)29-28(25-11-7-8-15-32-25)34-31(40)35(29)16-14-27(37)33-23-9-5-4-6-10-23/h4-13,15,17-18,28-29H,14,16H2,1-3H3,(H,33,37)(H,34,40)(H,38,39)/t28-,29-/m1/s1. The van der Waals surface area contributed by atoms with Gasteiger partial charge in [0, 0.05) is 41.9 Å². The maximum atomic E-state index is 12.8. The Kier molecular flexibility index (Phi) is 7.66. The molecule has 2 aromatic heterocycles. The van der Waals surface area contributed by atoms with Crippen molar-refractivity contribution in [1.29, 1.82) is 0 Å². The molecular weight excluding hydrogens is 522 g/mol. The van der Waals surface area contributed by atoms with E-state index in [-0.39, 0.29) is 30.0 Å². The molecule has 5 rings (SSSR count). The van der Waals surface area contributed by atoms with Crippen molar-refractivity contribution in [3.8, 4) is 5.69 Å². The molecule has 40 heavy (non-hydrogen) atoms. The second-order valence-corrected chi connectivity index (χ2v) is 10.3. The summed E-state index contributed by atoms with van der Waals surface area (Å²) in [7, 11) is 0. The summed E-state index contributed by atoms with van der Waals surface area (Å²) in [5, 5.41) is 16.6. The number of aryl methyl sites for hydroxylation is 2. The van der Waals surface area contributed by atoms with Gasteiger partial charge in [-0.15, -0.1) is 0 Å². The fourth-order valence-corrected chi connectivity index (χ4v) is 5.72. The van der Waals surface area contributed by atoms with Crippen molar-refractivity contribution in [3.05, 3.63) is 113 Å². The molecule has 4 aromatic rings. The van der Waals surface area contributed by atoms with Crippen molar-refractivity contribution in [2.45, 2.75) is 39.3 Å². The summed E-state index contributed by atoms with van der Waals surface area (Å²) < 4.78 is 2.09. The number of aromatic nitrogens is 2. The van der Waals surface area contributed by atoms with Crippen LogP contribution in [0.1, 0.15) is 57.1 Å². The molecule has 3 N–H and O–H groups in total. The molecule has 2 atom stereocenters. The summed E-state index contributed by atoms with van der Waals surface area (Å²) in [6, 6.07) is 22.0. The Morgan fingerprint density at radius 1 is 1.02 bits per heavy atom. The Balaban J connectivity index is 1.52. The monoisotopic (exact) mass is 553 g/mol. The Bertz CT molecular complexity index is 1570. The highest BCUT2D eigenvalue weighted by molar-refractivity contribution is 7.80. The van der Waals surface area contributed by atoms with Crippen LogP contribution in [0.2, 0.25) is 0 Å². The lowest BCUT2D eigenvalue weighted by molar-refractivity contribution is -0.116. The van der Waals surface area contributed by atoms with E-state index in [1.165, 1.54) is 0 Å². The molecule has 1 aliphatic heterocycles. The summed E-state index contributed by atoms with van der Waals surface area (Å²) in [4.78, 5) is 31.2. The van der Waals surface area contributed by atoms with E-state index in [0.717, 1.165) is 39.6 Å². The van der Waals surface area contributed by atoms with Gasteiger partial charge in [0.1, 0.15) is 0 Å². The van der Waals surface area contributed by atoms with Crippen molar-refractivity contribution >= 4 is 34.9 Å². The van der Waals surface area contributed by atoms with Crippen LogP contribution in [0.25, 0.3) is 5.69 Å². The van der Waals surface area contributed by atoms with Crippen LogP contribution in [0.15, 0.2) is 79.0 Å². The van der Waals surface area contributed by atoms with Crippen LogP contribution in [-0.2, 0) is 4.79 Å². The van der Waals surface area contributed by atoms with Gasteiger partial charge in [0.05, 0.1) is 23.3 Å². The molecule has 1 fully saturated rings. The summed E-state index contributed by atoms with van der Waals surface area (Å²) in [6.07, 6.45) is 2.01. The molecule has 0 bridgehead atoms. The largest absolute Gasteiger partial charge is 0.478 e. The quantitative estimate of drug-likeness (QED) is 0.248. The van der Waals surface area contributed by atoms with E-state index in [1.807, 2.05) is 75.4 Å². The van der Waals surface area contributed by atoms with Gasteiger partial charge in [-0.05, 0) is 86.6 Å². The summed E-state index contributed by atoms with van der Waals surface area (Å²) in [6.45, 7) is 6.43. The summed E-state index contributed by atoms with van der Waals surface area (Å²) in [5.74, 6) is -1.06. The minimum atomic E-state index is -0.968.